The topological polar surface area (TPSA) is 115 Å². The minimum Gasteiger partial charge on any atom is -0.493 e. The molecule has 0 unspecified atom stereocenters. The van der Waals surface area contributed by atoms with Gasteiger partial charge in [0.15, 0.2) is 11.6 Å². The molecule has 0 aliphatic carbocycles. The van der Waals surface area contributed by atoms with Gasteiger partial charge in [-0.3, -0.25) is 4.68 Å². The van der Waals surface area contributed by atoms with Gasteiger partial charge in [-0.1, -0.05) is 11.6 Å². The molecule has 4 aromatic rings. The first kappa shape index (κ1) is 30.0. The van der Waals surface area contributed by atoms with Gasteiger partial charge >= 0.3 is 6.09 Å². The summed E-state index contributed by atoms with van der Waals surface area (Å²) < 4.78 is 45.1. The molecule has 1 fully saturated rings. The summed E-state index contributed by atoms with van der Waals surface area (Å²) in [5, 5.41) is 17.9. The normalized spacial score (nSPS) is 18.5. The van der Waals surface area contributed by atoms with Gasteiger partial charge in [-0.2, -0.15) is 10.1 Å². The number of piperazine rings is 1. The van der Waals surface area contributed by atoms with Crippen LogP contribution in [-0.2, 0) is 11.8 Å². The van der Waals surface area contributed by atoms with Crippen molar-refractivity contribution in [1.29, 1.82) is 0 Å². The van der Waals surface area contributed by atoms with Crippen molar-refractivity contribution in [3.05, 3.63) is 40.3 Å². The third-order valence-electron chi connectivity index (χ3n) is 7.22. The third kappa shape index (κ3) is 5.27. The maximum atomic E-state index is 16.3. The Balaban J connectivity index is 1.64. The zero-order chi connectivity index (χ0) is 30.7. The van der Waals surface area contributed by atoms with E-state index >= 15 is 8.78 Å². The van der Waals surface area contributed by atoms with Gasteiger partial charge in [0.05, 0.1) is 28.8 Å². The van der Waals surface area contributed by atoms with Crippen molar-refractivity contribution in [2.45, 2.75) is 58.4 Å². The van der Waals surface area contributed by atoms with Crippen LogP contribution in [0.25, 0.3) is 32.9 Å². The number of hydrogen-bond donors (Lipinski definition) is 2. The molecule has 0 spiro atoms. The van der Waals surface area contributed by atoms with E-state index in [1.807, 2.05) is 6.92 Å². The first-order valence-electron chi connectivity index (χ1n) is 13.3. The first-order chi connectivity index (χ1) is 19.7. The summed E-state index contributed by atoms with van der Waals surface area (Å²) in [6.07, 6.45) is 0.334. The highest BCUT2D eigenvalue weighted by molar-refractivity contribution is 6.37. The van der Waals surface area contributed by atoms with Crippen molar-refractivity contribution in [1.82, 2.24) is 30.0 Å². The Hall–Kier alpha value is -3.48. The van der Waals surface area contributed by atoms with Crippen molar-refractivity contribution in [2.24, 2.45) is 7.05 Å². The minimum atomic E-state index is -1.03. The number of halogens is 4. The van der Waals surface area contributed by atoms with Crippen LogP contribution >= 0.6 is 23.2 Å². The second-order valence-electron chi connectivity index (χ2n) is 11.2. The highest BCUT2D eigenvalue weighted by Gasteiger charge is 2.38. The lowest BCUT2D eigenvalue weighted by atomic mass is 9.98. The van der Waals surface area contributed by atoms with Crippen LogP contribution in [0.5, 0.6) is 11.6 Å². The summed E-state index contributed by atoms with van der Waals surface area (Å²) in [5.41, 5.74) is -1.31. The molecule has 3 heterocycles. The van der Waals surface area contributed by atoms with Crippen LogP contribution in [0, 0.1) is 11.6 Å². The van der Waals surface area contributed by atoms with E-state index in [0.717, 1.165) is 0 Å². The molecule has 1 amide bonds. The van der Waals surface area contributed by atoms with Crippen LogP contribution in [0.2, 0.25) is 10.3 Å². The van der Waals surface area contributed by atoms with Gasteiger partial charge in [0, 0.05) is 36.7 Å². The maximum absolute atomic E-state index is 16.3. The average molecular weight is 623 g/mol. The number of aromatic hydroxyl groups is 1. The molecule has 0 radical (unpaired) electrons. The Morgan fingerprint density at radius 1 is 1.21 bits per heavy atom. The van der Waals surface area contributed by atoms with E-state index in [4.69, 9.17) is 32.7 Å². The van der Waals surface area contributed by atoms with Gasteiger partial charge in [0.25, 0.3) is 0 Å². The van der Waals surface area contributed by atoms with E-state index in [9.17, 15) is 9.90 Å². The van der Waals surface area contributed by atoms with Crippen LogP contribution in [0.1, 0.15) is 34.6 Å². The third-order valence-corrected chi connectivity index (χ3v) is 7.75. The van der Waals surface area contributed by atoms with Gasteiger partial charge in [-0.15, -0.1) is 0 Å². The Kier molecular flexibility index (Phi) is 7.84. The zero-order valence-electron chi connectivity index (χ0n) is 23.8. The fraction of sp³-hybridized carbons (Fsp3) is 0.429. The molecule has 0 saturated carbocycles. The summed E-state index contributed by atoms with van der Waals surface area (Å²) in [6, 6.07) is 1.86. The molecule has 5 rings (SSSR count). The molecule has 2 N–H and O–H groups in total. The van der Waals surface area contributed by atoms with E-state index in [1.165, 1.54) is 23.0 Å². The molecule has 1 saturated heterocycles. The SMILES string of the molecule is C[C@H](Oc1c(Cl)c(-c2c(F)ccc3cnn(C)c23)c(F)c2nc(Cl)nc(O)c12)[C@H]1NCCN(C(=O)OC(C)(C)C)[C@H]1C. The Morgan fingerprint density at radius 3 is 2.62 bits per heavy atom. The number of carbonyl (C=O) groups excluding carboxylic acids is 1. The highest BCUT2D eigenvalue weighted by atomic mass is 35.5. The fourth-order valence-electron chi connectivity index (χ4n) is 5.35. The van der Waals surface area contributed by atoms with Gasteiger partial charge < -0.3 is 24.8 Å². The molecular weight excluding hydrogens is 593 g/mol. The number of rotatable bonds is 4. The molecule has 0 bridgehead atoms. The molecule has 224 valence electrons. The van der Waals surface area contributed by atoms with Gasteiger partial charge in [-0.25, -0.2) is 18.6 Å². The number of hydrogen-bond acceptors (Lipinski definition) is 8. The molecule has 1 aliphatic heterocycles. The maximum Gasteiger partial charge on any atom is 0.410 e. The van der Waals surface area contributed by atoms with E-state index < -0.39 is 58.2 Å². The summed E-state index contributed by atoms with van der Waals surface area (Å²) >= 11 is 12.8. The number of nitrogens with zero attached hydrogens (tertiary/aromatic N) is 5. The minimum absolute atomic E-state index is 0.163. The molecule has 1 aliphatic rings. The molecule has 2 aromatic heterocycles. The lowest BCUT2D eigenvalue weighted by Gasteiger charge is -2.42. The number of fused-ring (bicyclic) bond motifs is 2. The smallest absolute Gasteiger partial charge is 0.410 e. The van der Waals surface area contributed by atoms with Crippen LogP contribution in [-0.4, -0.2) is 72.7 Å². The first-order valence-corrected chi connectivity index (χ1v) is 14.0. The van der Waals surface area contributed by atoms with Crippen LogP contribution in [0.15, 0.2) is 18.3 Å². The van der Waals surface area contributed by atoms with Crippen molar-refractivity contribution in [3.8, 4) is 22.8 Å². The van der Waals surface area contributed by atoms with Crippen molar-refractivity contribution in [2.75, 3.05) is 13.1 Å². The molecule has 14 heteroatoms. The van der Waals surface area contributed by atoms with Crippen molar-refractivity contribution < 1.29 is 28.2 Å². The molecule has 3 atom stereocenters. The second kappa shape index (κ2) is 11.0. The Bertz CT molecular complexity index is 1710. The number of aromatic nitrogens is 4. The number of carbonyl (C=O) groups is 1. The lowest BCUT2D eigenvalue weighted by Crippen LogP contribution is -2.63. The predicted molar refractivity (Wildman–Crippen MR) is 155 cm³/mol. The Labute approximate surface area is 250 Å². The van der Waals surface area contributed by atoms with Gasteiger partial charge in [-0.05, 0) is 58.4 Å². The van der Waals surface area contributed by atoms with E-state index in [1.54, 1.807) is 39.6 Å². The van der Waals surface area contributed by atoms with Crippen LogP contribution < -0.4 is 10.1 Å². The van der Waals surface area contributed by atoms with Crippen LogP contribution in [0.4, 0.5) is 13.6 Å². The average Bonchev–Trinajstić information content (AvgIpc) is 3.27. The number of ether oxygens (including phenoxy) is 2. The fourth-order valence-corrected chi connectivity index (χ4v) is 5.83. The van der Waals surface area contributed by atoms with Gasteiger partial charge in [0.2, 0.25) is 11.2 Å². The summed E-state index contributed by atoms with van der Waals surface area (Å²) in [4.78, 5) is 22.3. The Morgan fingerprint density at radius 2 is 1.93 bits per heavy atom. The van der Waals surface area contributed by atoms with Crippen LogP contribution in [0.3, 0.4) is 0 Å². The van der Waals surface area contributed by atoms with E-state index in [2.05, 4.69) is 20.4 Å². The summed E-state index contributed by atoms with van der Waals surface area (Å²) in [5.74, 6) is -2.63. The number of aryl methyl sites for hydroxylation is 1. The zero-order valence-corrected chi connectivity index (χ0v) is 25.3. The highest BCUT2D eigenvalue weighted by Crippen LogP contribution is 2.48. The van der Waals surface area contributed by atoms with Crippen molar-refractivity contribution >= 4 is 51.1 Å². The van der Waals surface area contributed by atoms with E-state index in [-0.39, 0.29) is 32.8 Å². The van der Waals surface area contributed by atoms with Gasteiger partial charge in [0.1, 0.15) is 28.4 Å². The molecule has 2 aromatic carbocycles. The number of nitrogens with one attached hydrogen (secondary N) is 1. The quantitative estimate of drug-likeness (QED) is 0.273. The number of amides is 1. The molecule has 42 heavy (non-hydrogen) atoms. The largest absolute Gasteiger partial charge is 0.493 e. The second-order valence-corrected chi connectivity index (χ2v) is 11.9. The molecule has 10 nitrogen and oxygen atoms in total. The lowest BCUT2D eigenvalue weighted by molar-refractivity contribution is -0.000672. The van der Waals surface area contributed by atoms with E-state index in [0.29, 0.717) is 18.5 Å². The molecular formula is C28H30Cl2F2N6O4. The summed E-state index contributed by atoms with van der Waals surface area (Å²) in [7, 11) is 1.59. The summed E-state index contributed by atoms with van der Waals surface area (Å²) in [6.45, 7) is 9.79. The predicted octanol–water partition coefficient (Wildman–Crippen LogP) is 5.84. The number of benzene rings is 2. The monoisotopic (exact) mass is 622 g/mol. The standard InChI is InChI=1S/C28H30Cl2F2N6O4/c1-12-21(33-9-10-38(12)27(40)42-28(3,4)5)13(2)41-24-18-22(35-26(30)36-25(18)39)20(32)17(19(24)29)16-15(31)8-7-14-11-34-37(6)23(14)16/h7-8,11-13,21,33H,9-10H2,1-6H3,(H,35,36,39)/t12-,13-,21-/m0/s1. The van der Waals surface area contributed by atoms with Crippen molar-refractivity contribution in [3.63, 3.8) is 0 Å².